The van der Waals surface area contributed by atoms with Crippen molar-refractivity contribution in [3.63, 3.8) is 0 Å². The molecule has 1 aliphatic rings. The van der Waals surface area contributed by atoms with Crippen LogP contribution in [0.25, 0.3) is 0 Å². The molecule has 4 nitrogen and oxygen atoms in total. The Morgan fingerprint density at radius 3 is 2.56 bits per heavy atom. The topological polar surface area (TPSA) is 47.1 Å². The van der Waals surface area contributed by atoms with Crippen molar-refractivity contribution in [2.75, 3.05) is 25.4 Å². The van der Waals surface area contributed by atoms with Gasteiger partial charge in [0.15, 0.2) is 0 Å². The molecular weight excluding hydrogens is 200 g/mol. The van der Waals surface area contributed by atoms with Crippen molar-refractivity contribution < 1.29 is 0 Å². The number of nitrogen functional groups attached to an aromatic ring is 1. The monoisotopic (exact) mass is 222 g/mol. The smallest absolute Gasteiger partial charge is 0.145 e. The van der Waals surface area contributed by atoms with Gasteiger partial charge in [-0.25, -0.2) is 0 Å². The number of hydrogen-bond acceptors (Lipinski definition) is 3. The molecule has 4 heteroatoms. The predicted octanol–water partition coefficient (Wildman–Crippen LogP) is 1.44. The van der Waals surface area contributed by atoms with E-state index in [-0.39, 0.29) is 0 Å². The molecule has 0 aromatic carbocycles. The highest BCUT2D eigenvalue weighted by Gasteiger charge is 2.25. The first-order chi connectivity index (χ1) is 7.65. The zero-order chi connectivity index (χ0) is 11.5. The highest BCUT2D eigenvalue weighted by atomic mass is 15.3. The zero-order valence-electron chi connectivity index (χ0n) is 10.3. The van der Waals surface area contributed by atoms with Crippen LogP contribution in [0.2, 0.25) is 0 Å². The van der Waals surface area contributed by atoms with Gasteiger partial charge >= 0.3 is 0 Å². The molecule has 1 saturated heterocycles. The predicted molar refractivity (Wildman–Crippen MR) is 66.0 cm³/mol. The van der Waals surface area contributed by atoms with Gasteiger partial charge in [0.1, 0.15) is 5.82 Å². The molecule has 0 bridgehead atoms. The molecule has 0 amide bonds. The fraction of sp³-hybridized carbons (Fsp3) is 0.750. The van der Waals surface area contributed by atoms with Crippen LogP contribution in [0.1, 0.15) is 20.3 Å². The van der Waals surface area contributed by atoms with Gasteiger partial charge in [0.2, 0.25) is 0 Å². The Balaban J connectivity index is 1.69. The van der Waals surface area contributed by atoms with E-state index in [1.165, 1.54) is 19.6 Å². The number of anilines is 1. The van der Waals surface area contributed by atoms with Crippen molar-refractivity contribution in [3.05, 3.63) is 12.3 Å². The van der Waals surface area contributed by atoms with Gasteiger partial charge in [-0.1, -0.05) is 13.8 Å². The summed E-state index contributed by atoms with van der Waals surface area (Å²) in [5.74, 6) is 2.31. The molecule has 0 aliphatic carbocycles. The Labute approximate surface area is 97.4 Å². The van der Waals surface area contributed by atoms with Crippen molar-refractivity contribution in [1.82, 2.24) is 14.7 Å². The zero-order valence-corrected chi connectivity index (χ0v) is 10.3. The summed E-state index contributed by atoms with van der Waals surface area (Å²) in [6.07, 6.45) is 3.10. The second-order valence-corrected chi connectivity index (χ2v) is 5.07. The van der Waals surface area contributed by atoms with Gasteiger partial charge in [0.05, 0.1) is 0 Å². The van der Waals surface area contributed by atoms with Gasteiger partial charge in [-0.2, -0.15) is 5.10 Å². The fourth-order valence-corrected chi connectivity index (χ4v) is 2.39. The summed E-state index contributed by atoms with van der Waals surface area (Å²) in [6.45, 7) is 9.34. The Bertz CT molecular complexity index is 324. The Hall–Kier alpha value is -1.03. The highest BCUT2D eigenvalue weighted by molar-refractivity contribution is 5.23. The van der Waals surface area contributed by atoms with E-state index in [1.54, 1.807) is 0 Å². The van der Waals surface area contributed by atoms with E-state index >= 15 is 0 Å². The lowest BCUT2D eigenvalue weighted by Gasteiger charge is -2.14. The minimum Gasteiger partial charge on any atom is -0.382 e. The van der Waals surface area contributed by atoms with Gasteiger partial charge in [-0.05, 0) is 30.9 Å². The van der Waals surface area contributed by atoms with Crippen molar-refractivity contribution in [2.24, 2.45) is 11.8 Å². The first kappa shape index (κ1) is 11.5. The third-order valence-corrected chi connectivity index (χ3v) is 3.59. The maximum atomic E-state index is 5.57. The van der Waals surface area contributed by atoms with Crippen molar-refractivity contribution >= 4 is 5.82 Å². The number of hydrogen-bond donors (Lipinski definition) is 1. The number of aryl methyl sites for hydroxylation is 1. The Morgan fingerprint density at radius 1 is 1.31 bits per heavy atom. The molecule has 0 saturated carbocycles. The summed E-state index contributed by atoms with van der Waals surface area (Å²) in [5.41, 5.74) is 5.57. The lowest BCUT2D eigenvalue weighted by molar-refractivity contribution is 0.309. The van der Waals surface area contributed by atoms with Crippen LogP contribution in [0.15, 0.2) is 12.3 Å². The molecular formula is C12H22N4. The van der Waals surface area contributed by atoms with Crippen LogP contribution in [0.5, 0.6) is 0 Å². The summed E-state index contributed by atoms with van der Waals surface area (Å²) in [6, 6.07) is 1.85. The molecule has 1 aromatic rings. The van der Waals surface area contributed by atoms with E-state index in [0.717, 1.165) is 24.8 Å². The number of aromatic nitrogens is 2. The van der Waals surface area contributed by atoms with E-state index in [0.29, 0.717) is 5.82 Å². The number of rotatable bonds is 4. The van der Waals surface area contributed by atoms with Crippen LogP contribution in [0.3, 0.4) is 0 Å². The maximum absolute atomic E-state index is 5.57. The first-order valence-corrected chi connectivity index (χ1v) is 6.16. The van der Waals surface area contributed by atoms with Gasteiger partial charge in [-0.15, -0.1) is 0 Å². The molecule has 2 heterocycles. The number of nitrogens with two attached hydrogens (primary N) is 1. The third kappa shape index (κ3) is 2.76. The van der Waals surface area contributed by atoms with Gasteiger partial charge in [-0.3, -0.25) is 4.68 Å². The van der Waals surface area contributed by atoms with Crippen molar-refractivity contribution in [1.29, 1.82) is 0 Å². The first-order valence-electron chi connectivity index (χ1n) is 6.16. The summed E-state index contributed by atoms with van der Waals surface area (Å²) in [7, 11) is 0. The minimum absolute atomic E-state index is 0.614. The van der Waals surface area contributed by atoms with Crippen molar-refractivity contribution in [2.45, 2.75) is 26.8 Å². The summed E-state index contributed by atoms with van der Waals surface area (Å²) < 4.78 is 1.93. The van der Waals surface area contributed by atoms with Crippen LogP contribution >= 0.6 is 0 Å². The lowest BCUT2D eigenvalue weighted by Crippen LogP contribution is -2.23. The molecule has 16 heavy (non-hydrogen) atoms. The largest absolute Gasteiger partial charge is 0.382 e. The van der Waals surface area contributed by atoms with E-state index in [4.69, 9.17) is 5.73 Å². The molecule has 90 valence electrons. The minimum atomic E-state index is 0.614. The Kier molecular flexibility index (Phi) is 3.49. The van der Waals surface area contributed by atoms with E-state index in [2.05, 4.69) is 23.8 Å². The summed E-state index contributed by atoms with van der Waals surface area (Å²) in [4.78, 5) is 2.56. The summed E-state index contributed by atoms with van der Waals surface area (Å²) in [5, 5.41) is 4.18. The fourth-order valence-electron chi connectivity index (χ4n) is 2.39. The number of likely N-dealkylation sites (tertiary alicyclic amines) is 1. The van der Waals surface area contributed by atoms with E-state index < -0.39 is 0 Å². The van der Waals surface area contributed by atoms with Crippen LogP contribution in [-0.4, -0.2) is 34.3 Å². The molecule has 1 fully saturated rings. The van der Waals surface area contributed by atoms with Crippen molar-refractivity contribution in [3.8, 4) is 0 Å². The molecule has 1 aliphatic heterocycles. The van der Waals surface area contributed by atoms with Gasteiger partial charge in [0, 0.05) is 25.8 Å². The SMILES string of the molecule is CC1CN(CCCn2ccc(N)n2)CC1C. The van der Waals surface area contributed by atoms with Gasteiger partial charge < -0.3 is 10.6 Å². The summed E-state index contributed by atoms with van der Waals surface area (Å²) >= 11 is 0. The molecule has 2 rings (SSSR count). The van der Waals surface area contributed by atoms with E-state index in [1.807, 2.05) is 16.9 Å². The molecule has 2 unspecified atom stereocenters. The molecule has 1 aromatic heterocycles. The number of nitrogens with zero attached hydrogens (tertiary/aromatic N) is 3. The standard InChI is InChI=1S/C12H22N4/c1-10-8-15(9-11(10)2)5-3-6-16-7-4-12(13)14-16/h4,7,10-11H,3,5-6,8-9H2,1-2H3,(H2,13,14). The highest BCUT2D eigenvalue weighted by Crippen LogP contribution is 2.21. The molecule has 2 N–H and O–H groups in total. The lowest BCUT2D eigenvalue weighted by atomic mass is 10.0. The second-order valence-electron chi connectivity index (χ2n) is 5.07. The molecule has 2 atom stereocenters. The molecule has 0 radical (unpaired) electrons. The van der Waals surface area contributed by atoms with Crippen LogP contribution < -0.4 is 5.73 Å². The molecule has 0 spiro atoms. The third-order valence-electron chi connectivity index (χ3n) is 3.59. The van der Waals surface area contributed by atoms with Gasteiger partial charge in [0.25, 0.3) is 0 Å². The normalized spacial score (nSPS) is 26.4. The van der Waals surface area contributed by atoms with Crippen LogP contribution in [0, 0.1) is 11.8 Å². The van der Waals surface area contributed by atoms with Crippen LogP contribution in [0.4, 0.5) is 5.82 Å². The van der Waals surface area contributed by atoms with E-state index in [9.17, 15) is 0 Å². The average Bonchev–Trinajstić information content (AvgIpc) is 2.75. The van der Waals surface area contributed by atoms with Crippen LogP contribution in [-0.2, 0) is 6.54 Å². The average molecular weight is 222 g/mol. The quantitative estimate of drug-likeness (QED) is 0.838. The maximum Gasteiger partial charge on any atom is 0.145 e. The second kappa shape index (κ2) is 4.87. The Morgan fingerprint density at radius 2 is 2.00 bits per heavy atom.